The molecule has 0 aliphatic rings. The summed E-state index contributed by atoms with van der Waals surface area (Å²) in [5.74, 6) is -0.852. The van der Waals surface area contributed by atoms with Crippen molar-refractivity contribution in [2.24, 2.45) is 0 Å². The van der Waals surface area contributed by atoms with E-state index in [2.05, 4.69) is 15.3 Å². The molecule has 0 bridgehead atoms. The van der Waals surface area contributed by atoms with Gasteiger partial charge in [-0.05, 0) is 31.0 Å². The molecule has 0 radical (unpaired) electrons. The van der Waals surface area contributed by atoms with Gasteiger partial charge in [-0.25, -0.2) is 14.4 Å². The van der Waals surface area contributed by atoms with Gasteiger partial charge in [0, 0.05) is 11.6 Å². The van der Waals surface area contributed by atoms with Crippen LogP contribution in [-0.2, 0) is 0 Å². The number of amides is 1. The van der Waals surface area contributed by atoms with Crippen LogP contribution in [0.15, 0.2) is 24.4 Å². The Labute approximate surface area is 139 Å². The summed E-state index contributed by atoms with van der Waals surface area (Å²) >= 11 is 5.78. The van der Waals surface area contributed by atoms with E-state index in [0.717, 1.165) is 12.8 Å². The molecule has 1 heterocycles. The van der Waals surface area contributed by atoms with Crippen molar-refractivity contribution in [1.82, 2.24) is 15.3 Å². The van der Waals surface area contributed by atoms with Crippen molar-refractivity contribution < 1.29 is 9.18 Å². The summed E-state index contributed by atoms with van der Waals surface area (Å²) in [5, 5.41) is 2.84. The fourth-order valence-corrected chi connectivity index (χ4v) is 2.29. The minimum atomic E-state index is -0.523. The number of anilines is 1. The highest BCUT2D eigenvalue weighted by atomic mass is 35.5. The van der Waals surface area contributed by atoms with Crippen molar-refractivity contribution in [3.05, 3.63) is 40.9 Å². The van der Waals surface area contributed by atoms with Crippen LogP contribution in [0, 0.1) is 5.82 Å². The molecule has 0 fully saturated rings. The minimum absolute atomic E-state index is 0.0239. The Morgan fingerprint density at radius 1 is 1.39 bits per heavy atom. The lowest BCUT2D eigenvalue weighted by Gasteiger charge is -2.15. The van der Waals surface area contributed by atoms with Gasteiger partial charge in [0.1, 0.15) is 5.82 Å². The molecule has 1 amide bonds. The number of halogens is 2. The van der Waals surface area contributed by atoms with E-state index in [0.29, 0.717) is 11.3 Å². The number of hydrogen-bond acceptors (Lipinski definition) is 4. The number of nitrogen functional groups attached to an aromatic ring is 1. The number of hydrogen-bond donors (Lipinski definition) is 2. The van der Waals surface area contributed by atoms with Crippen LogP contribution in [0.4, 0.5) is 10.2 Å². The lowest BCUT2D eigenvalue weighted by atomic mass is 10.1. The van der Waals surface area contributed by atoms with Gasteiger partial charge in [-0.2, -0.15) is 0 Å². The standard InChI is InChI=1S/C16H18ClFN4O/c1-3-10(4-2)21-16(23)14-15(19)20-8-13(22-14)9-5-6-12(18)11(17)7-9/h5-8,10H,3-4H2,1-2H3,(H2,19,20)(H,21,23). The molecule has 0 aliphatic carbocycles. The van der Waals surface area contributed by atoms with E-state index in [1.165, 1.54) is 24.4 Å². The van der Waals surface area contributed by atoms with E-state index < -0.39 is 5.82 Å². The van der Waals surface area contributed by atoms with Crippen molar-refractivity contribution in [3.63, 3.8) is 0 Å². The van der Waals surface area contributed by atoms with E-state index in [4.69, 9.17) is 17.3 Å². The van der Waals surface area contributed by atoms with E-state index >= 15 is 0 Å². The Hall–Kier alpha value is -2.21. The lowest BCUT2D eigenvalue weighted by Crippen LogP contribution is -2.35. The normalized spacial score (nSPS) is 10.8. The molecule has 1 aromatic carbocycles. The number of nitrogens with two attached hydrogens (primary N) is 1. The number of aromatic nitrogens is 2. The lowest BCUT2D eigenvalue weighted by molar-refractivity contribution is 0.0930. The fraction of sp³-hybridized carbons (Fsp3) is 0.312. The smallest absolute Gasteiger partial charge is 0.273 e. The Morgan fingerprint density at radius 3 is 2.70 bits per heavy atom. The van der Waals surface area contributed by atoms with Crippen LogP contribution >= 0.6 is 11.6 Å². The summed E-state index contributed by atoms with van der Waals surface area (Å²) in [6.45, 7) is 3.97. The van der Waals surface area contributed by atoms with Crippen molar-refractivity contribution in [3.8, 4) is 11.3 Å². The number of benzene rings is 1. The van der Waals surface area contributed by atoms with Gasteiger partial charge in [-0.15, -0.1) is 0 Å². The SMILES string of the molecule is CCC(CC)NC(=O)c1nc(-c2ccc(F)c(Cl)c2)cnc1N. The first kappa shape index (κ1) is 17.1. The second kappa shape index (κ2) is 7.37. The molecule has 0 saturated carbocycles. The molecule has 0 atom stereocenters. The van der Waals surface area contributed by atoms with Crippen molar-refractivity contribution >= 4 is 23.3 Å². The Bertz CT molecular complexity index is 719. The third-order valence-corrected chi connectivity index (χ3v) is 3.84. The maximum Gasteiger partial charge on any atom is 0.273 e. The highest BCUT2D eigenvalue weighted by Gasteiger charge is 2.17. The second-order valence-corrected chi connectivity index (χ2v) is 5.51. The number of carbonyl (C=O) groups is 1. The average Bonchev–Trinajstić information content (AvgIpc) is 2.55. The predicted molar refractivity (Wildman–Crippen MR) is 88.7 cm³/mol. The third kappa shape index (κ3) is 3.96. The van der Waals surface area contributed by atoms with Gasteiger partial charge < -0.3 is 11.1 Å². The predicted octanol–water partition coefficient (Wildman–Crippen LogP) is 3.44. The molecule has 0 unspecified atom stereocenters. The molecule has 0 aliphatic heterocycles. The first-order chi connectivity index (χ1) is 11.0. The number of nitrogens with zero attached hydrogens (tertiary/aromatic N) is 2. The van der Waals surface area contributed by atoms with Gasteiger partial charge in [-0.1, -0.05) is 25.4 Å². The summed E-state index contributed by atoms with van der Waals surface area (Å²) in [6, 6.07) is 4.23. The largest absolute Gasteiger partial charge is 0.382 e. The molecule has 0 spiro atoms. The van der Waals surface area contributed by atoms with Crippen LogP contribution in [0.3, 0.4) is 0 Å². The van der Waals surface area contributed by atoms with Crippen LogP contribution in [0.1, 0.15) is 37.2 Å². The molecular formula is C16H18ClFN4O. The quantitative estimate of drug-likeness (QED) is 0.876. The van der Waals surface area contributed by atoms with Crippen molar-refractivity contribution in [2.75, 3.05) is 5.73 Å². The average molecular weight is 337 g/mol. The third-order valence-electron chi connectivity index (χ3n) is 3.55. The molecule has 23 heavy (non-hydrogen) atoms. The molecule has 7 heteroatoms. The van der Waals surface area contributed by atoms with Crippen LogP contribution in [0.5, 0.6) is 0 Å². The van der Waals surface area contributed by atoms with Crippen LogP contribution in [-0.4, -0.2) is 21.9 Å². The van der Waals surface area contributed by atoms with Gasteiger partial charge in [0.25, 0.3) is 5.91 Å². The Kier molecular flexibility index (Phi) is 5.50. The molecule has 2 rings (SSSR count). The maximum atomic E-state index is 13.3. The molecular weight excluding hydrogens is 319 g/mol. The first-order valence-corrected chi connectivity index (χ1v) is 7.72. The van der Waals surface area contributed by atoms with E-state index in [9.17, 15) is 9.18 Å². The minimum Gasteiger partial charge on any atom is -0.382 e. The zero-order chi connectivity index (χ0) is 17.0. The molecule has 0 saturated heterocycles. The van der Waals surface area contributed by atoms with Crippen LogP contribution < -0.4 is 11.1 Å². The number of nitrogens with one attached hydrogen (secondary N) is 1. The highest BCUT2D eigenvalue weighted by Crippen LogP contribution is 2.24. The maximum absolute atomic E-state index is 13.3. The Morgan fingerprint density at radius 2 is 2.09 bits per heavy atom. The number of carbonyl (C=O) groups excluding carboxylic acids is 1. The number of rotatable bonds is 5. The van der Waals surface area contributed by atoms with Gasteiger partial charge in [0.15, 0.2) is 11.5 Å². The summed E-state index contributed by atoms with van der Waals surface area (Å²) in [7, 11) is 0. The topological polar surface area (TPSA) is 80.9 Å². The summed E-state index contributed by atoms with van der Waals surface area (Å²) in [5.41, 5.74) is 6.77. The second-order valence-electron chi connectivity index (χ2n) is 5.10. The van der Waals surface area contributed by atoms with Gasteiger partial charge >= 0.3 is 0 Å². The summed E-state index contributed by atoms with van der Waals surface area (Å²) < 4.78 is 13.3. The highest BCUT2D eigenvalue weighted by molar-refractivity contribution is 6.31. The van der Waals surface area contributed by atoms with Crippen LogP contribution in [0.2, 0.25) is 5.02 Å². The monoisotopic (exact) mass is 336 g/mol. The van der Waals surface area contributed by atoms with E-state index in [-0.39, 0.29) is 28.5 Å². The molecule has 122 valence electrons. The van der Waals surface area contributed by atoms with Crippen molar-refractivity contribution in [2.45, 2.75) is 32.7 Å². The van der Waals surface area contributed by atoms with E-state index in [1.54, 1.807) is 0 Å². The van der Waals surface area contributed by atoms with Gasteiger partial charge in [0.2, 0.25) is 0 Å². The molecule has 2 aromatic rings. The van der Waals surface area contributed by atoms with Gasteiger partial charge in [0.05, 0.1) is 16.9 Å². The van der Waals surface area contributed by atoms with Crippen molar-refractivity contribution in [1.29, 1.82) is 0 Å². The molecule has 5 nitrogen and oxygen atoms in total. The Balaban J connectivity index is 2.35. The van der Waals surface area contributed by atoms with Gasteiger partial charge in [-0.3, -0.25) is 4.79 Å². The van der Waals surface area contributed by atoms with Crippen LogP contribution in [0.25, 0.3) is 11.3 Å². The zero-order valence-corrected chi connectivity index (χ0v) is 13.7. The fourth-order valence-electron chi connectivity index (χ4n) is 2.11. The summed E-state index contributed by atoms with van der Waals surface area (Å²) in [6.07, 6.45) is 3.04. The summed E-state index contributed by atoms with van der Waals surface area (Å²) in [4.78, 5) is 20.6. The molecule has 3 N–H and O–H groups in total. The van der Waals surface area contributed by atoms with E-state index in [1.807, 2.05) is 13.8 Å². The molecule has 1 aromatic heterocycles. The first-order valence-electron chi connectivity index (χ1n) is 7.35. The zero-order valence-electron chi connectivity index (χ0n) is 12.9.